The van der Waals surface area contributed by atoms with Crippen LogP contribution in [-0.2, 0) is 11.2 Å². The van der Waals surface area contributed by atoms with E-state index in [-0.39, 0.29) is 6.42 Å². The molecule has 5 heteroatoms. The van der Waals surface area contributed by atoms with Gasteiger partial charge in [0.1, 0.15) is 12.2 Å². The van der Waals surface area contributed by atoms with Crippen LogP contribution in [0.2, 0.25) is 5.02 Å². The summed E-state index contributed by atoms with van der Waals surface area (Å²) in [6.45, 7) is 1.84. The van der Waals surface area contributed by atoms with Crippen LogP contribution in [0.15, 0.2) is 24.3 Å². The number of carboxylic acid groups (broad SMARTS) is 1. The molecule has 2 N–H and O–H groups in total. The number of H-pyrrole nitrogens is 1. The number of benzene rings is 1. The molecule has 0 fully saturated rings. The summed E-state index contributed by atoms with van der Waals surface area (Å²) in [5.41, 5.74) is 2.32. The van der Waals surface area contributed by atoms with E-state index in [0.717, 1.165) is 11.3 Å². The molecular weight excluding hydrogens is 240 g/mol. The Labute approximate surface area is 103 Å². The lowest BCUT2D eigenvalue weighted by molar-refractivity contribution is -0.136. The Hall–Kier alpha value is -1.81. The van der Waals surface area contributed by atoms with E-state index in [1.54, 1.807) is 6.07 Å². The lowest BCUT2D eigenvalue weighted by Gasteiger charge is -2.00. The maximum absolute atomic E-state index is 10.6. The molecule has 88 valence electrons. The molecular formula is C12H11ClN2O2. The first-order chi connectivity index (χ1) is 8.08. The van der Waals surface area contributed by atoms with Crippen LogP contribution < -0.4 is 0 Å². The molecule has 17 heavy (non-hydrogen) atoms. The lowest BCUT2D eigenvalue weighted by Crippen LogP contribution is -2.01. The van der Waals surface area contributed by atoms with Crippen molar-refractivity contribution in [2.24, 2.45) is 0 Å². The van der Waals surface area contributed by atoms with Crippen molar-refractivity contribution in [2.45, 2.75) is 13.3 Å². The summed E-state index contributed by atoms with van der Waals surface area (Å²) in [5.74, 6) is -0.477. The second-order valence-corrected chi connectivity index (χ2v) is 4.11. The number of aryl methyl sites for hydroxylation is 1. The molecule has 0 radical (unpaired) electrons. The molecule has 4 nitrogen and oxygen atoms in total. The summed E-state index contributed by atoms with van der Waals surface area (Å²) < 4.78 is 0. The van der Waals surface area contributed by atoms with Crippen LogP contribution in [-0.4, -0.2) is 21.0 Å². The second kappa shape index (κ2) is 4.59. The molecule has 0 atom stereocenters. The molecule has 0 unspecified atom stereocenters. The zero-order valence-corrected chi connectivity index (χ0v) is 9.95. The van der Waals surface area contributed by atoms with Gasteiger partial charge in [-0.1, -0.05) is 29.8 Å². The zero-order chi connectivity index (χ0) is 12.4. The van der Waals surface area contributed by atoms with Gasteiger partial charge in [-0.05, 0) is 13.0 Å². The predicted octanol–water partition coefficient (Wildman–Crippen LogP) is 2.67. The smallest absolute Gasteiger partial charge is 0.311 e. The molecule has 1 aromatic carbocycles. The molecule has 0 spiro atoms. The van der Waals surface area contributed by atoms with Crippen molar-refractivity contribution in [2.75, 3.05) is 0 Å². The van der Waals surface area contributed by atoms with Crippen LogP contribution in [0.25, 0.3) is 11.3 Å². The summed E-state index contributed by atoms with van der Waals surface area (Å²) in [5, 5.41) is 9.31. The lowest BCUT2D eigenvalue weighted by atomic mass is 10.1. The van der Waals surface area contributed by atoms with Crippen molar-refractivity contribution in [3.8, 4) is 11.3 Å². The highest BCUT2D eigenvalue weighted by molar-refractivity contribution is 6.33. The quantitative estimate of drug-likeness (QED) is 0.880. The molecule has 2 rings (SSSR count). The highest BCUT2D eigenvalue weighted by Crippen LogP contribution is 2.28. The van der Waals surface area contributed by atoms with Crippen molar-refractivity contribution in [1.82, 2.24) is 9.97 Å². The SMILES string of the molecule is Cc1[nH]c(CC(=O)O)nc1-c1ccccc1Cl. The van der Waals surface area contributed by atoms with Gasteiger partial charge in [-0.2, -0.15) is 0 Å². The number of halogens is 1. The average molecular weight is 251 g/mol. The Balaban J connectivity index is 2.43. The Morgan fingerprint density at radius 2 is 2.18 bits per heavy atom. The number of aliphatic carboxylic acids is 1. The van der Waals surface area contributed by atoms with Crippen LogP contribution in [0.1, 0.15) is 11.5 Å². The van der Waals surface area contributed by atoms with Crippen LogP contribution in [0.3, 0.4) is 0 Å². The van der Waals surface area contributed by atoms with Crippen molar-refractivity contribution in [1.29, 1.82) is 0 Å². The summed E-state index contributed by atoms with van der Waals surface area (Å²) in [4.78, 5) is 17.8. The first-order valence-electron chi connectivity index (χ1n) is 5.10. The molecule has 0 aliphatic rings. The first-order valence-corrected chi connectivity index (χ1v) is 5.48. The largest absolute Gasteiger partial charge is 0.481 e. The zero-order valence-electron chi connectivity index (χ0n) is 9.20. The molecule has 0 saturated heterocycles. The third kappa shape index (κ3) is 2.47. The summed E-state index contributed by atoms with van der Waals surface area (Å²) >= 11 is 6.08. The number of nitrogens with zero attached hydrogens (tertiary/aromatic N) is 1. The Bertz CT molecular complexity index is 563. The second-order valence-electron chi connectivity index (χ2n) is 3.71. The first kappa shape index (κ1) is 11.7. The van der Waals surface area contributed by atoms with Crippen LogP contribution in [0.5, 0.6) is 0 Å². The molecule has 2 aromatic rings. The van der Waals surface area contributed by atoms with Crippen LogP contribution in [0, 0.1) is 6.92 Å². The van der Waals surface area contributed by atoms with E-state index < -0.39 is 5.97 Å². The van der Waals surface area contributed by atoms with Gasteiger partial charge in [-0.25, -0.2) is 4.98 Å². The van der Waals surface area contributed by atoms with E-state index in [2.05, 4.69) is 9.97 Å². The minimum Gasteiger partial charge on any atom is -0.481 e. The molecule has 0 aliphatic carbocycles. The maximum Gasteiger partial charge on any atom is 0.311 e. The van der Waals surface area contributed by atoms with E-state index in [4.69, 9.17) is 16.7 Å². The van der Waals surface area contributed by atoms with Crippen molar-refractivity contribution in [3.05, 3.63) is 40.8 Å². The molecule has 1 heterocycles. The highest BCUT2D eigenvalue weighted by Gasteiger charge is 2.13. The van der Waals surface area contributed by atoms with Gasteiger partial charge in [-0.15, -0.1) is 0 Å². The number of aromatic nitrogens is 2. The standard InChI is InChI=1S/C12H11ClN2O2/c1-7-12(8-4-2-3-5-9(8)13)15-10(14-7)6-11(16)17/h2-5H,6H2,1H3,(H,14,15)(H,16,17). The van der Waals surface area contributed by atoms with Gasteiger partial charge < -0.3 is 10.1 Å². The maximum atomic E-state index is 10.6. The minimum atomic E-state index is -0.913. The molecule has 0 saturated carbocycles. The van der Waals surface area contributed by atoms with Gasteiger partial charge in [-0.3, -0.25) is 4.79 Å². The Kier molecular flexibility index (Phi) is 3.15. The number of imidazole rings is 1. The summed E-state index contributed by atoms with van der Waals surface area (Å²) in [6.07, 6.45) is -0.120. The number of hydrogen-bond acceptors (Lipinski definition) is 2. The van der Waals surface area contributed by atoms with Gasteiger partial charge in [0.05, 0.1) is 10.7 Å². The summed E-state index contributed by atoms with van der Waals surface area (Å²) in [6, 6.07) is 7.34. The topological polar surface area (TPSA) is 66.0 Å². The fourth-order valence-electron chi connectivity index (χ4n) is 1.66. The molecule has 0 aliphatic heterocycles. The van der Waals surface area contributed by atoms with E-state index in [0.29, 0.717) is 16.5 Å². The van der Waals surface area contributed by atoms with E-state index in [1.807, 2.05) is 25.1 Å². The predicted molar refractivity (Wildman–Crippen MR) is 65.1 cm³/mol. The van der Waals surface area contributed by atoms with Gasteiger partial charge in [0.15, 0.2) is 0 Å². The van der Waals surface area contributed by atoms with E-state index in [9.17, 15) is 4.79 Å². The van der Waals surface area contributed by atoms with Crippen molar-refractivity contribution < 1.29 is 9.90 Å². The number of nitrogens with one attached hydrogen (secondary N) is 1. The van der Waals surface area contributed by atoms with Gasteiger partial charge in [0.25, 0.3) is 0 Å². The number of rotatable bonds is 3. The van der Waals surface area contributed by atoms with Crippen LogP contribution >= 0.6 is 11.6 Å². The highest BCUT2D eigenvalue weighted by atomic mass is 35.5. The number of hydrogen-bond donors (Lipinski definition) is 2. The normalized spacial score (nSPS) is 10.5. The number of carbonyl (C=O) groups is 1. The fourth-order valence-corrected chi connectivity index (χ4v) is 1.89. The number of aromatic amines is 1. The monoisotopic (exact) mass is 250 g/mol. The average Bonchev–Trinajstić information content (AvgIpc) is 2.59. The summed E-state index contributed by atoms with van der Waals surface area (Å²) in [7, 11) is 0. The van der Waals surface area contributed by atoms with E-state index in [1.165, 1.54) is 0 Å². The third-order valence-electron chi connectivity index (χ3n) is 2.38. The van der Waals surface area contributed by atoms with Crippen molar-refractivity contribution in [3.63, 3.8) is 0 Å². The Morgan fingerprint density at radius 1 is 1.47 bits per heavy atom. The van der Waals surface area contributed by atoms with Crippen molar-refractivity contribution >= 4 is 17.6 Å². The van der Waals surface area contributed by atoms with Gasteiger partial charge in [0.2, 0.25) is 0 Å². The fraction of sp³-hybridized carbons (Fsp3) is 0.167. The van der Waals surface area contributed by atoms with Gasteiger partial charge >= 0.3 is 5.97 Å². The minimum absolute atomic E-state index is 0.120. The molecule has 0 amide bonds. The van der Waals surface area contributed by atoms with Crippen LogP contribution in [0.4, 0.5) is 0 Å². The Morgan fingerprint density at radius 3 is 2.82 bits per heavy atom. The molecule has 0 bridgehead atoms. The van der Waals surface area contributed by atoms with Gasteiger partial charge in [0, 0.05) is 11.3 Å². The van der Waals surface area contributed by atoms with E-state index >= 15 is 0 Å². The third-order valence-corrected chi connectivity index (χ3v) is 2.71. The molecule has 1 aromatic heterocycles. The number of carboxylic acids is 1.